The van der Waals surface area contributed by atoms with Crippen LogP contribution in [0.3, 0.4) is 0 Å². The summed E-state index contributed by atoms with van der Waals surface area (Å²) in [6.45, 7) is 1.53. The molecule has 0 radical (unpaired) electrons. The van der Waals surface area contributed by atoms with Gasteiger partial charge < -0.3 is 14.7 Å². The third-order valence-corrected chi connectivity index (χ3v) is 5.00. The summed E-state index contributed by atoms with van der Waals surface area (Å²) in [6.07, 6.45) is 5.97. The summed E-state index contributed by atoms with van der Waals surface area (Å²) in [5.74, 6) is -0.111. The van der Waals surface area contributed by atoms with E-state index in [0.29, 0.717) is 6.61 Å². The molecular weight excluding hydrogens is 370 g/mol. The molecule has 0 unspecified atom stereocenters. The lowest BCUT2D eigenvalue weighted by Gasteiger charge is -2.12. The number of aliphatic carboxylic acids is 1. The predicted molar refractivity (Wildman–Crippen MR) is 109 cm³/mol. The number of ether oxygens (including phenoxy) is 1. The molecule has 0 spiro atoms. The highest BCUT2D eigenvalue weighted by Gasteiger charge is 2.20. The van der Waals surface area contributed by atoms with Gasteiger partial charge in [-0.1, -0.05) is 12.1 Å². The first-order valence-corrected chi connectivity index (χ1v) is 9.02. The Bertz CT molecular complexity index is 839. The van der Waals surface area contributed by atoms with Gasteiger partial charge in [-0.05, 0) is 61.3 Å². The van der Waals surface area contributed by atoms with E-state index in [1.165, 1.54) is 16.0 Å². The number of carboxylic acids is 1. The van der Waals surface area contributed by atoms with Crippen molar-refractivity contribution >= 4 is 41.4 Å². The van der Waals surface area contributed by atoms with Crippen LogP contribution < -0.4 is 4.74 Å². The lowest BCUT2D eigenvalue weighted by atomic mass is 9.98. The second kappa shape index (κ2) is 9.03. The van der Waals surface area contributed by atoms with Crippen molar-refractivity contribution in [2.24, 2.45) is 0 Å². The molecule has 1 aliphatic rings. The number of thiophene rings is 1. The van der Waals surface area contributed by atoms with E-state index in [-0.39, 0.29) is 12.4 Å². The Labute approximate surface area is 163 Å². The number of hydrogen-bond donors (Lipinski definition) is 1. The molecule has 2 aromatic rings. The number of carbonyl (C=O) groups is 1. The van der Waals surface area contributed by atoms with Crippen molar-refractivity contribution in [3.63, 3.8) is 0 Å². The van der Waals surface area contributed by atoms with Crippen LogP contribution >= 0.6 is 23.7 Å². The molecular formula is C20H22ClNO3S. The zero-order valence-electron chi connectivity index (χ0n) is 14.8. The second-order valence-corrected chi connectivity index (χ2v) is 7.12. The van der Waals surface area contributed by atoms with E-state index in [9.17, 15) is 4.79 Å². The molecule has 3 rings (SSSR count). The molecule has 1 aromatic heterocycles. The Balaban J connectivity index is 0.00000243. The van der Waals surface area contributed by atoms with Crippen LogP contribution in [0.5, 0.6) is 5.75 Å². The first-order chi connectivity index (χ1) is 12.0. The van der Waals surface area contributed by atoms with Gasteiger partial charge in [-0.2, -0.15) is 0 Å². The van der Waals surface area contributed by atoms with E-state index >= 15 is 0 Å². The number of benzene rings is 1. The fraction of sp³-hybridized carbons (Fsp3) is 0.250. The zero-order valence-corrected chi connectivity index (χ0v) is 16.4. The number of rotatable bonds is 5. The highest BCUT2D eigenvalue weighted by atomic mass is 35.5. The molecule has 0 aliphatic carbocycles. The van der Waals surface area contributed by atoms with Crippen LogP contribution in [0.1, 0.15) is 28.0 Å². The number of nitrogens with zero attached hydrogens (tertiary/aromatic N) is 1. The molecule has 1 aromatic carbocycles. The first kappa shape index (κ1) is 20.2. The van der Waals surface area contributed by atoms with E-state index in [0.717, 1.165) is 35.9 Å². The van der Waals surface area contributed by atoms with Gasteiger partial charge in [-0.15, -0.1) is 23.7 Å². The van der Waals surface area contributed by atoms with Crippen LogP contribution in [0.25, 0.3) is 11.6 Å². The quantitative estimate of drug-likeness (QED) is 0.760. The Kier molecular flexibility index (Phi) is 7.03. The topological polar surface area (TPSA) is 49.8 Å². The average molecular weight is 392 g/mol. The van der Waals surface area contributed by atoms with E-state index in [1.54, 1.807) is 17.4 Å². The standard InChI is InChI=1S/C20H21NO3S.ClH/c1-21(2)10-3-4-16-17-12-14(6-8-19(22)23)5-7-18(17)24-13-15-9-11-25-20(15)16;/h4-9,11-12H,3,10,13H2,1-2H3,(H,22,23);1H/b8-6+,16-4+;. The van der Waals surface area contributed by atoms with Crippen molar-refractivity contribution in [2.75, 3.05) is 20.6 Å². The third kappa shape index (κ3) is 4.75. The maximum atomic E-state index is 10.8. The SMILES string of the molecule is CN(C)CC/C=C1\c2cc(/C=C/C(=O)O)ccc2OCc2ccsc21.Cl. The van der Waals surface area contributed by atoms with E-state index in [4.69, 9.17) is 9.84 Å². The summed E-state index contributed by atoms with van der Waals surface area (Å²) in [6, 6.07) is 7.92. The van der Waals surface area contributed by atoms with Crippen LogP contribution in [0.2, 0.25) is 0 Å². The highest BCUT2D eigenvalue weighted by molar-refractivity contribution is 7.11. The van der Waals surface area contributed by atoms with Crippen molar-refractivity contribution < 1.29 is 14.6 Å². The summed E-state index contributed by atoms with van der Waals surface area (Å²) in [5, 5.41) is 10.9. The predicted octanol–water partition coefficient (Wildman–Crippen LogP) is 4.54. The Hall–Kier alpha value is -2.08. The molecule has 1 N–H and O–H groups in total. The maximum Gasteiger partial charge on any atom is 0.328 e. The van der Waals surface area contributed by atoms with Crippen molar-refractivity contribution in [3.8, 4) is 5.75 Å². The number of carboxylic acid groups (broad SMARTS) is 1. The molecule has 6 heteroatoms. The fourth-order valence-corrected chi connectivity index (χ4v) is 3.76. The minimum absolute atomic E-state index is 0. The van der Waals surface area contributed by atoms with Crippen LogP contribution in [0, 0.1) is 0 Å². The third-order valence-electron chi connectivity index (χ3n) is 4.01. The van der Waals surface area contributed by atoms with Gasteiger partial charge in [0, 0.05) is 28.6 Å². The van der Waals surface area contributed by atoms with Gasteiger partial charge in [0.05, 0.1) is 0 Å². The molecule has 0 saturated carbocycles. The van der Waals surface area contributed by atoms with Gasteiger partial charge >= 0.3 is 5.97 Å². The van der Waals surface area contributed by atoms with E-state index in [1.807, 2.05) is 18.2 Å². The summed E-state index contributed by atoms with van der Waals surface area (Å²) in [7, 11) is 4.13. The lowest BCUT2D eigenvalue weighted by molar-refractivity contribution is -0.131. The molecule has 0 atom stereocenters. The van der Waals surface area contributed by atoms with Gasteiger partial charge in [-0.3, -0.25) is 0 Å². The second-order valence-electron chi connectivity index (χ2n) is 6.20. The van der Waals surface area contributed by atoms with Crippen LogP contribution in [0.4, 0.5) is 0 Å². The molecule has 0 amide bonds. The van der Waals surface area contributed by atoms with Gasteiger partial charge in [0.2, 0.25) is 0 Å². The van der Waals surface area contributed by atoms with E-state index in [2.05, 4.69) is 36.5 Å². The molecule has 0 saturated heterocycles. The normalized spacial score (nSPS) is 14.5. The number of hydrogen-bond acceptors (Lipinski definition) is 4. The minimum atomic E-state index is -0.950. The maximum absolute atomic E-state index is 10.8. The molecule has 0 fully saturated rings. The zero-order chi connectivity index (χ0) is 17.8. The summed E-state index contributed by atoms with van der Waals surface area (Å²) in [5.41, 5.74) is 4.24. The van der Waals surface area contributed by atoms with Crippen molar-refractivity contribution in [3.05, 3.63) is 63.4 Å². The van der Waals surface area contributed by atoms with Crippen molar-refractivity contribution in [1.82, 2.24) is 4.90 Å². The summed E-state index contributed by atoms with van der Waals surface area (Å²) < 4.78 is 5.99. The molecule has 2 heterocycles. The van der Waals surface area contributed by atoms with Crippen molar-refractivity contribution in [1.29, 1.82) is 0 Å². The molecule has 138 valence electrons. The number of halogens is 1. The van der Waals surface area contributed by atoms with E-state index < -0.39 is 5.97 Å². The molecule has 4 nitrogen and oxygen atoms in total. The van der Waals surface area contributed by atoms with Crippen LogP contribution in [-0.4, -0.2) is 36.6 Å². The monoisotopic (exact) mass is 391 g/mol. The van der Waals surface area contributed by atoms with Gasteiger partial charge in [0.1, 0.15) is 12.4 Å². The Morgan fingerprint density at radius 2 is 2.15 bits per heavy atom. The molecule has 1 aliphatic heterocycles. The largest absolute Gasteiger partial charge is 0.488 e. The Morgan fingerprint density at radius 3 is 2.88 bits per heavy atom. The average Bonchev–Trinajstić information content (AvgIpc) is 2.98. The van der Waals surface area contributed by atoms with Crippen molar-refractivity contribution in [2.45, 2.75) is 13.0 Å². The fourth-order valence-electron chi connectivity index (χ4n) is 2.79. The Morgan fingerprint density at radius 1 is 1.35 bits per heavy atom. The summed E-state index contributed by atoms with van der Waals surface area (Å²) in [4.78, 5) is 14.2. The van der Waals surface area contributed by atoms with Gasteiger partial charge in [0.15, 0.2) is 0 Å². The highest BCUT2D eigenvalue weighted by Crippen LogP contribution is 2.40. The van der Waals surface area contributed by atoms with Gasteiger partial charge in [0.25, 0.3) is 0 Å². The lowest BCUT2D eigenvalue weighted by Crippen LogP contribution is -2.12. The van der Waals surface area contributed by atoms with Crippen LogP contribution in [-0.2, 0) is 11.4 Å². The molecule has 26 heavy (non-hydrogen) atoms. The molecule has 0 bridgehead atoms. The summed E-state index contributed by atoms with van der Waals surface area (Å²) >= 11 is 1.72. The minimum Gasteiger partial charge on any atom is -0.488 e. The van der Waals surface area contributed by atoms with Crippen LogP contribution in [0.15, 0.2) is 41.8 Å². The smallest absolute Gasteiger partial charge is 0.328 e. The first-order valence-electron chi connectivity index (χ1n) is 8.14. The van der Waals surface area contributed by atoms with Gasteiger partial charge in [-0.25, -0.2) is 4.79 Å². The number of fused-ring (bicyclic) bond motifs is 2.